The Morgan fingerprint density at radius 3 is 2.46 bits per heavy atom. The minimum Gasteiger partial charge on any atom is -0.465 e. The summed E-state index contributed by atoms with van der Waals surface area (Å²) in [6.07, 6.45) is 5.70. The first-order valence-electron chi connectivity index (χ1n) is 10.1. The summed E-state index contributed by atoms with van der Waals surface area (Å²) < 4.78 is 4.97. The maximum atomic E-state index is 12.2. The van der Waals surface area contributed by atoms with Crippen LogP contribution in [0.2, 0.25) is 0 Å². The third-order valence-electron chi connectivity index (χ3n) is 6.34. The summed E-state index contributed by atoms with van der Waals surface area (Å²) in [6.45, 7) is 8.74. The van der Waals surface area contributed by atoms with Gasteiger partial charge in [-0.15, -0.1) is 0 Å². The molecule has 3 nitrogen and oxygen atoms in total. The number of ether oxygens (including phenoxy) is 1. The SMILES string of the molecule is COC(=O)c1ccc2c(c1C)N[C@H](c1ccc(C(C)(C)C)cc1)[C@@H]1CC=C[C@H]21. The van der Waals surface area contributed by atoms with E-state index in [0.717, 1.165) is 17.7 Å². The molecule has 0 unspecified atom stereocenters. The number of nitrogens with one attached hydrogen (secondary N) is 1. The zero-order chi connectivity index (χ0) is 20.1. The number of allylic oxidation sites excluding steroid dienone is 2. The first-order chi connectivity index (χ1) is 13.3. The molecule has 0 radical (unpaired) electrons. The average molecular weight is 376 g/mol. The molecule has 2 aromatic rings. The Morgan fingerprint density at radius 1 is 1.11 bits per heavy atom. The van der Waals surface area contributed by atoms with Crippen molar-refractivity contribution < 1.29 is 9.53 Å². The Labute approximate surface area is 167 Å². The summed E-state index contributed by atoms with van der Waals surface area (Å²) in [5, 5.41) is 3.78. The molecule has 4 rings (SSSR count). The van der Waals surface area contributed by atoms with Gasteiger partial charge in [-0.1, -0.05) is 63.3 Å². The lowest BCUT2D eigenvalue weighted by molar-refractivity contribution is 0.0600. The van der Waals surface area contributed by atoms with Crippen LogP contribution in [0.5, 0.6) is 0 Å². The molecule has 0 saturated carbocycles. The molecule has 3 heteroatoms. The highest BCUT2D eigenvalue weighted by atomic mass is 16.5. The van der Waals surface area contributed by atoms with Gasteiger partial charge in [0.2, 0.25) is 0 Å². The number of hydrogen-bond acceptors (Lipinski definition) is 3. The van der Waals surface area contributed by atoms with E-state index in [1.165, 1.54) is 23.8 Å². The van der Waals surface area contributed by atoms with Crippen LogP contribution in [-0.4, -0.2) is 13.1 Å². The van der Waals surface area contributed by atoms with Crippen LogP contribution in [0.15, 0.2) is 48.6 Å². The number of benzene rings is 2. The first kappa shape index (κ1) is 18.8. The summed E-state index contributed by atoms with van der Waals surface area (Å²) in [6, 6.07) is 13.3. The average Bonchev–Trinajstić information content (AvgIpc) is 3.17. The van der Waals surface area contributed by atoms with Gasteiger partial charge in [0, 0.05) is 11.6 Å². The van der Waals surface area contributed by atoms with Gasteiger partial charge in [-0.3, -0.25) is 0 Å². The summed E-state index contributed by atoms with van der Waals surface area (Å²) in [5.74, 6) is 0.600. The molecule has 0 fully saturated rings. The topological polar surface area (TPSA) is 38.3 Å². The largest absolute Gasteiger partial charge is 0.465 e. The van der Waals surface area contributed by atoms with Gasteiger partial charge in [0.1, 0.15) is 0 Å². The zero-order valence-electron chi connectivity index (χ0n) is 17.4. The quantitative estimate of drug-likeness (QED) is 0.524. The third-order valence-corrected chi connectivity index (χ3v) is 6.34. The van der Waals surface area contributed by atoms with E-state index in [4.69, 9.17) is 4.74 Å². The number of carbonyl (C=O) groups excluding carboxylic acids is 1. The van der Waals surface area contributed by atoms with Crippen molar-refractivity contribution in [1.82, 2.24) is 0 Å². The standard InChI is InChI=1S/C25H29NO2/c1-15-18(24(27)28-5)13-14-21-19-7-6-8-20(19)23(26-22(15)21)16-9-11-17(12-10-16)25(2,3)4/h6-7,9-14,19-20,23,26H,8H2,1-5H3/t19-,20+,23+/m0/s1. The van der Waals surface area contributed by atoms with Crippen molar-refractivity contribution in [3.05, 3.63) is 76.4 Å². The lowest BCUT2D eigenvalue weighted by Gasteiger charge is -2.38. The van der Waals surface area contributed by atoms with Gasteiger partial charge < -0.3 is 10.1 Å². The fourth-order valence-electron chi connectivity index (χ4n) is 4.67. The molecule has 2 aromatic carbocycles. The van der Waals surface area contributed by atoms with E-state index in [0.29, 0.717) is 17.4 Å². The van der Waals surface area contributed by atoms with E-state index >= 15 is 0 Å². The molecule has 0 amide bonds. The Hall–Kier alpha value is -2.55. The highest BCUT2D eigenvalue weighted by Gasteiger charge is 2.39. The normalized spacial score (nSPS) is 23.0. The highest BCUT2D eigenvalue weighted by Crippen LogP contribution is 2.51. The third kappa shape index (κ3) is 3.03. The molecule has 146 valence electrons. The second-order valence-electron chi connectivity index (χ2n) is 9.04. The summed E-state index contributed by atoms with van der Waals surface area (Å²) in [7, 11) is 1.43. The van der Waals surface area contributed by atoms with E-state index in [-0.39, 0.29) is 17.4 Å². The number of carbonyl (C=O) groups is 1. The van der Waals surface area contributed by atoms with Crippen molar-refractivity contribution in [2.45, 2.75) is 51.5 Å². The number of methoxy groups -OCH3 is 1. The van der Waals surface area contributed by atoms with Crippen molar-refractivity contribution in [2.75, 3.05) is 12.4 Å². The van der Waals surface area contributed by atoms with Gasteiger partial charge in [-0.2, -0.15) is 0 Å². The van der Waals surface area contributed by atoms with E-state index in [9.17, 15) is 4.79 Å². The van der Waals surface area contributed by atoms with Gasteiger partial charge in [0.15, 0.2) is 0 Å². The molecule has 1 N–H and O–H groups in total. The summed E-state index contributed by atoms with van der Waals surface area (Å²) in [5.41, 5.74) is 6.77. The Balaban J connectivity index is 1.75. The number of rotatable bonds is 2. The van der Waals surface area contributed by atoms with Crippen LogP contribution in [-0.2, 0) is 10.2 Å². The summed E-state index contributed by atoms with van der Waals surface area (Å²) in [4.78, 5) is 12.2. The van der Waals surface area contributed by atoms with Gasteiger partial charge in [-0.05, 0) is 53.0 Å². The minimum absolute atomic E-state index is 0.147. The van der Waals surface area contributed by atoms with Crippen molar-refractivity contribution >= 4 is 11.7 Å². The number of hydrogen-bond donors (Lipinski definition) is 1. The second-order valence-corrected chi connectivity index (χ2v) is 9.04. The molecular formula is C25H29NO2. The molecule has 0 spiro atoms. The van der Waals surface area contributed by atoms with Gasteiger partial charge in [-0.25, -0.2) is 4.79 Å². The predicted molar refractivity (Wildman–Crippen MR) is 114 cm³/mol. The Kier molecular flexibility index (Phi) is 4.57. The smallest absolute Gasteiger partial charge is 0.338 e. The fraction of sp³-hybridized carbons (Fsp3) is 0.400. The Bertz CT molecular complexity index is 934. The van der Waals surface area contributed by atoms with Crippen LogP contribution in [0, 0.1) is 12.8 Å². The first-order valence-corrected chi connectivity index (χ1v) is 10.1. The van der Waals surface area contributed by atoms with Crippen LogP contribution in [0.4, 0.5) is 5.69 Å². The molecule has 1 heterocycles. The Morgan fingerprint density at radius 2 is 1.82 bits per heavy atom. The van der Waals surface area contributed by atoms with E-state index < -0.39 is 0 Å². The fourth-order valence-corrected chi connectivity index (χ4v) is 4.67. The van der Waals surface area contributed by atoms with Crippen LogP contribution in [0.3, 0.4) is 0 Å². The van der Waals surface area contributed by atoms with Crippen molar-refractivity contribution in [3.63, 3.8) is 0 Å². The second kappa shape index (κ2) is 6.80. The molecule has 0 saturated heterocycles. The maximum absolute atomic E-state index is 12.2. The van der Waals surface area contributed by atoms with Gasteiger partial charge >= 0.3 is 5.97 Å². The van der Waals surface area contributed by atoms with E-state index in [1.54, 1.807) is 0 Å². The number of esters is 1. The highest BCUT2D eigenvalue weighted by molar-refractivity contribution is 5.93. The monoisotopic (exact) mass is 375 g/mol. The molecular weight excluding hydrogens is 346 g/mol. The van der Waals surface area contributed by atoms with Crippen LogP contribution in [0.25, 0.3) is 0 Å². The van der Waals surface area contributed by atoms with E-state index in [2.05, 4.69) is 68.6 Å². The van der Waals surface area contributed by atoms with Crippen molar-refractivity contribution in [3.8, 4) is 0 Å². The van der Waals surface area contributed by atoms with Crippen molar-refractivity contribution in [1.29, 1.82) is 0 Å². The number of anilines is 1. The predicted octanol–water partition coefficient (Wildman–Crippen LogP) is 5.91. The minimum atomic E-state index is -0.280. The molecule has 3 atom stereocenters. The molecule has 1 aliphatic heterocycles. The van der Waals surface area contributed by atoms with Crippen molar-refractivity contribution in [2.24, 2.45) is 5.92 Å². The number of fused-ring (bicyclic) bond motifs is 3. The van der Waals surface area contributed by atoms with Crippen LogP contribution >= 0.6 is 0 Å². The molecule has 0 bridgehead atoms. The molecule has 2 aliphatic rings. The lowest BCUT2D eigenvalue weighted by Crippen LogP contribution is -2.30. The van der Waals surface area contributed by atoms with Crippen LogP contribution < -0.4 is 5.32 Å². The molecule has 28 heavy (non-hydrogen) atoms. The van der Waals surface area contributed by atoms with Gasteiger partial charge in [0.05, 0.1) is 18.7 Å². The maximum Gasteiger partial charge on any atom is 0.338 e. The van der Waals surface area contributed by atoms with E-state index in [1.807, 2.05) is 13.0 Å². The molecule has 1 aliphatic carbocycles. The zero-order valence-corrected chi connectivity index (χ0v) is 17.4. The summed E-state index contributed by atoms with van der Waals surface area (Å²) >= 11 is 0. The van der Waals surface area contributed by atoms with Crippen LogP contribution in [0.1, 0.15) is 71.8 Å². The molecule has 0 aromatic heterocycles. The van der Waals surface area contributed by atoms with Gasteiger partial charge in [0.25, 0.3) is 0 Å². The lowest BCUT2D eigenvalue weighted by atomic mass is 9.75.